The largest absolute Gasteiger partial charge is 0.408 e. The summed E-state index contributed by atoms with van der Waals surface area (Å²) in [5, 5.41) is 3.10. The quantitative estimate of drug-likeness (QED) is 0.671. The molecule has 138 valence electrons. The van der Waals surface area contributed by atoms with Crippen molar-refractivity contribution in [2.75, 3.05) is 11.9 Å². The number of amides is 1. The fourth-order valence-corrected chi connectivity index (χ4v) is 3.65. The maximum Gasteiger partial charge on any atom is 0.408 e. The van der Waals surface area contributed by atoms with Gasteiger partial charge in [-0.25, -0.2) is 0 Å². The van der Waals surface area contributed by atoms with Crippen LogP contribution in [-0.2, 0) is 11.3 Å². The van der Waals surface area contributed by atoms with E-state index in [1.54, 1.807) is 6.07 Å². The number of hydrogen-bond acceptors (Lipinski definition) is 2. The molecular weight excluding hydrogens is 412 g/mol. The van der Waals surface area contributed by atoms with Crippen molar-refractivity contribution in [2.24, 2.45) is 0 Å². The standard InChI is InChI=1S/C17H12Cl3F3N2O/c18-9-4-5-14-10(6-9)16(17(21,22)23)25(8-15(26)24-14)7-11-12(19)2-1-3-13(11)20/h1-6,16H,7-8H2,(H,24,26). The summed E-state index contributed by atoms with van der Waals surface area (Å²) in [5.41, 5.74) is 0.275. The molecule has 0 aliphatic carbocycles. The van der Waals surface area contributed by atoms with Gasteiger partial charge in [-0.05, 0) is 30.3 Å². The van der Waals surface area contributed by atoms with Crippen LogP contribution in [0.15, 0.2) is 36.4 Å². The van der Waals surface area contributed by atoms with Gasteiger partial charge in [0.05, 0.1) is 6.54 Å². The van der Waals surface area contributed by atoms with E-state index in [-0.39, 0.29) is 32.9 Å². The van der Waals surface area contributed by atoms with Crippen LogP contribution in [-0.4, -0.2) is 23.5 Å². The number of carbonyl (C=O) groups is 1. The second-order valence-electron chi connectivity index (χ2n) is 5.83. The zero-order valence-electron chi connectivity index (χ0n) is 13.1. The molecule has 1 atom stereocenters. The molecule has 3 rings (SSSR count). The summed E-state index contributed by atoms with van der Waals surface area (Å²) in [5.74, 6) is -0.566. The Kier molecular flexibility index (Phi) is 5.40. The molecule has 0 fully saturated rings. The Bertz CT molecular complexity index is 837. The van der Waals surface area contributed by atoms with Crippen LogP contribution in [0.5, 0.6) is 0 Å². The minimum absolute atomic E-state index is 0.0782. The first-order valence-corrected chi connectivity index (χ1v) is 8.63. The van der Waals surface area contributed by atoms with E-state index in [9.17, 15) is 18.0 Å². The van der Waals surface area contributed by atoms with E-state index in [1.807, 2.05) is 0 Å². The first-order chi connectivity index (χ1) is 12.2. The summed E-state index contributed by atoms with van der Waals surface area (Å²) in [6.45, 7) is -0.722. The number of nitrogens with zero attached hydrogens (tertiary/aromatic N) is 1. The van der Waals surface area contributed by atoms with E-state index in [2.05, 4.69) is 5.32 Å². The number of alkyl halides is 3. The van der Waals surface area contributed by atoms with Gasteiger partial charge >= 0.3 is 6.18 Å². The maximum absolute atomic E-state index is 13.9. The van der Waals surface area contributed by atoms with Gasteiger partial charge in [0.15, 0.2) is 0 Å². The third-order valence-corrected chi connectivity index (χ3v) is 4.97. The third-order valence-electron chi connectivity index (χ3n) is 4.03. The van der Waals surface area contributed by atoms with Crippen molar-refractivity contribution >= 4 is 46.4 Å². The van der Waals surface area contributed by atoms with Crippen LogP contribution in [0.25, 0.3) is 0 Å². The maximum atomic E-state index is 13.9. The molecule has 0 bridgehead atoms. The van der Waals surface area contributed by atoms with Crippen LogP contribution in [0.2, 0.25) is 15.1 Å². The van der Waals surface area contributed by atoms with Crippen LogP contribution >= 0.6 is 34.8 Å². The molecule has 0 spiro atoms. The van der Waals surface area contributed by atoms with Crippen molar-refractivity contribution < 1.29 is 18.0 Å². The molecule has 1 amide bonds. The van der Waals surface area contributed by atoms with Crippen molar-refractivity contribution in [3.05, 3.63) is 62.6 Å². The van der Waals surface area contributed by atoms with E-state index in [1.165, 1.54) is 30.3 Å². The third kappa shape index (κ3) is 3.93. The molecule has 1 aliphatic rings. The first-order valence-electron chi connectivity index (χ1n) is 7.50. The molecule has 2 aromatic rings. The number of carbonyl (C=O) groups excluding carboxylic acids is 1. The van der Waals surface area contributed by atoms with E-state index >= 15 is 0 Å². The van der Waals surface area contributed by atoms with Crippen LogP contribution in [0.3, 0.4) is 0 Å². The second kappa shape index (κ2) is 7.27. The molecule has 0 radical (unpaired) electrons. The van der Waals surface area contributed by atoms with Crippen LogP contribution in [0.1, 0.15) is 17.2 Å². The fourth-order valence-electron chi connectivity index (χ4n) is 2.95. The highest BCUT2D eigenvalue weighted by Gasteiger charge is 2.47. The molecule has 26 heavy (non-hydrogen) atoms. The number of benzene rings is 2. The summed E-state index contributed by atoms with van der Waals surface area (Å²) < 4.78 is 41.8. The summed E-state index contributed by atoms with van der Waals surface area (Å²) in [7, 11) is 0. The molecule has 3 nitrogen and oxygen atoms in total. The molecule has 0 saturated heterocycles. The van der Waals surface area contributed by atoms with Crippen molar-refractivity contribution in [2.45, 2.75) is 18.8 Å². The Balaban J connectivity index is 2.11. The van der Waals surface area contributed by atoms with Gasteiger partial charge in [0, 0.05) is 38.4 Å². The lowest BCUT2D eigenvalue weighted by molar-refractivity contribution is -0.187. The highest BCUT2D eigenvalue weighted by atomic mass is 35.5. The monoisotopic (exact) mass is 422 g/mol. The number of anilines is 1. The number of nitrogens with one attached hydrogen (secondary N) is 1. The van der Waals surface area contributed by atoms with Crippen molar-refractivity contribution in [3.63, 3.8) is 0 Å². The molecule has 2 aromatic carbocycles. The summed E-state index contributed by atoms with van der Waals surface area (Å²) in [6, 6.07) is 6.63. The Hall–Kier alpha value is -1.47. The number of hydrogen-bond donors (Lipinski definition) is 1. The Labute approximate surface area is 162 Å². The number of rotatable bonds is 2. The van der Waals surface area contributed by atoms with Crippen molar-refractivity contribution in [1.82, 2.24) is 4.90 Å². The van der Waals surface area contributed by atoms with Gasteiger partial charge in [0.2, 0.25) is 5.91 Å². The summed E-state index contributed by atoms with van der Waals surface area (Å²) in [4.78, 5) is 13.1. The van der Waals surface area contributed by atoms with E-state index in [0.29, 0.717) is 5.56 Å². The Morgan fingerprint density at radius 2 is 1.77 bits per heavy atom. The lowest BCUT2D eigenvalue weighted by Crippen LogP contribution is -2.40. The van der Waals surface area contributed by atoms with Gasteiger partial charge < -0.3 is 5.32 Å². The van der Waals surface area contributed by atoms with Crippen LogP contribution in [0, 0.1) is 0 Å². The average molecular weight is 424 g/mol. The van der Waals surface area contributed by atoms with Gasteiger partial charge in [-0.3, -0.25) is 9.69 Å². The van der Waals surface area contributed by atoms with E-state index in [0.717, 1.165) is 4.90 Å². The smallest absolute Gasteiger partial charge is 0.325 e. The van der Waals surface area contributed by atoms with Crippen LogP contribution in [0.4, 0.5) is 18.9 Å². The lowest BCUT2D eigenvalue weighted by Gasteiger charge is -2.32. The lowest BCUT2D eigenvalue weighted by atomic mass is 10.0. The zero-order valence-corrected chi connectivity index (χ0v) is 15.3. The highest BCUT2D eigenvalue weighted by Crippen LogP contribution is 2.44. The minimum atomic E-state index is -4.64. The molecule has 1 N–H and O–H groups in total. The molecule has 1 heterocycles. The fraction of sp³-hybridized carbons (Fsp3) is 0.235. The zero-order chi connectivity index (χ0) is 19.1. The molecule has 9 heteroatoms. The van der Waals surface area contributed by atoms with E-state index < -0.39 is 24.7 Å². The van der Waals surface area contributed by atoms with Crippen LogP contribution < -0.4 is 5.32 Å². The van der Waals surface area contributed by atoms with Gasteiger partial charge in [0.1, 0.15) is 6.04 Å². The highest BCUT2D eigenvalue weighted by molar-refractivity contribution is 6.36. The SMILES string of the molecule is O=C1CN(Cc2c(Cl)cccc2Cl)C(C(F)(F)F)c2cc(Cl)ccc2N1. The summed E-state index contributed by atoms with van der Waals surface area (Å²) >= 11 is 18.1. The average Bonchev–Trinajstić information content (AvgIpc) is 2.65. The molecule has 1 aliphatic heterocycles. The second-order valence-corrected chi connectivity index (χ2v) is 7.08. The topological polar surface area (TPSA) is 32.3 Å². The predicted molar refractivity (Wildman–Crippen MR) is 95.7 cm³/mol. The Morgan fingerprint density at radius 1 is 1.12 bits per heavy atom. The van der Waals surface area contributed by atoms with Gasteiger partial charge in [-0.15, -0.1) is 0 Å². The predicted octanol–water partition coefficient (Wildman–Crippen LogP) is 5.70. The van der Waals surface area contributed by atoms with Crippen molar-refractivity contribution in [3.8, 4) is 0 Å². The van der Waals surface area contributed by atoms with Gasteiger partial charge in [0.25, 0.3) is 0 Å². The van der Waals surface area contributed by atoms with Gasteiger partial charge in [-0.2, -0.15) is 13.2 Å². The number of halogens is 6. The molecule has 1 unspecified atom stereocenters. The van der Waals surface area contributed by atoms with E-state index in [4.69, 9.17) is 34.8 Å². The summed E-state index contributed by atoms with van der Waals surface area (Å²) in [6.07, 6.45) is -4.64. The van der Waals surface area contributed by atoms with Gasteiger partial charge in [-0.1, -0.05) is 40.9 Å². The first kappa shape index (κ1) is 19.3. The minimum Gasteiger partial charge on any atom is -0.325 e. The van der Waals surface area contributed by atoms with Crippen molar-refractivity contribution in [1.29, 1.82) is 0 Å². The molecular formula is C17H12Cl3F3N2O. The molecule has 0 aromatic heterocycles. The molecule has 0 saturated carbocycles. The number of fused-ring (bicyclic) bond motifs is 1. The normalized spacial score (nSPS) is 18.2. The Morgan fingerprint density at radius 3 is 2.38 bits per heavy atom.